The molecular weight excluding hydrogens is 604 g/mol. The summed E-state index contributed by atoms with van der Waals surface area (Å²) in [6.45, 7) is 1.98. The maximum atomic E-state index is 14.3. The number of Topliss-reactive ketones (excluding diaryl/α,β-unsaturated/α-hetero) is 2. The van der Waals surface area contributed by atoms with E-state index in [1.165, 1.54) is 20.3 Å². The van der Waals surface area contributed by atoms with Crippen molar-refractivity contribution in [3.63, 3.8) is 0 Å². The van der Waals surface area contributed by atoms with Crippen molar-refractivity contribution in [2.75, 3.05) is 27.6 Å². The predicted octanol–water partition coefficient (Wildman–Crippen LogP) is 4.75. The Kier molecular flexibility index (Phi) is 8.05. The molecule has 1 spiro atoms. The summed E-state index contributed by atoms with van der Waals surface area (Å²) >= 11 is 6.58. The van der Waals surface area contributed by atoms with E-state index < -0.39 is 34.8 Å². The molecule has 1 aromatic heterocycles. The Morgan fingerprint density at radius 1 is 1.13 bits per heavy atom. The third-order valence-corrected chi connectivity index (χ3v) is 8.84. The quantitative estimate of drug-likeness (QED) is 0.339. The second-order valence-corrected chi connectivity index (χ2v) is 11.4. The lowest BCUT2D eigenvalue weighted by atomic mass is 9.69. The number of hydrogen-bond donors (Lipinski definition) is 2. The van der Waals surface area contributed by atoms with Crippen LogP contribution in [0.2, 0.25) is 5.02 Å². The number of ketones is 2. The molecule has 1 aliphatic carbocycles. The van der Waals surface area contributed by atoms with Gasteiger partial charge in [-0.3, -0.25) is 19.4 Å². The highest BCUT2D eigenvalue weighted by Gasteiger charge is 2.61. The van der Waals surface area contributed by atoms with Gasteiger partial charge in [-0.05, 0) is 29.8 Å². The molecule has 11 nitrogen and oxygen atoms in total. The van der Waals surface area contributed by atoms with Gasteiger partial charge in [0.25, 0.3) is 0 Å². The fourth-order valence-corrected chi connectivity index (χ4v) is 6.45. The summed E-state index contributed by atoms with van der Waals surface area (Å²) in [6, 6.07) is 12.1. The Balaban J connectivity index is 1.41. The number of nitrogens with one attached hydrogen (secondary N) is 1. The molecule has 1 amide bonds. The fourth-order valence-electron chi connectivity index (χ4n) is 6.19. The highest BCUT2D eigenvalue weighted by molar-refractivity contribution is 6.35. The number of pyridine rings is 1. The van der Waals surface area contributed by atoms with Gasteiger partial charge in [-0.15, -0.1) is 0 Å². The summed E-state index contributed by atoms with van der Waals surface area (Å²) in [5.41, 5.74) is -0.735. The van der Waals surface area contributed by atoms with Crippen molar-refractivity contribution in [3.05, 3.63) is 81.8 Å². The number of carbonyl (C=O) groups excluding carboxylic acids is 3. The number of carbonyl (C=O) groups is 3. The lowest BCUT2D eigenvalue weighted by molar-refractivity contribution is -0.121. The molecule has 0 fully saturated rings. The van der Waals surface area contributed by atoms with Crippen LogP contribution in [0.1, 0.15) is 47.3 Å². The third-order valence-electron chi connectivity index (χ3n) is 8.48. The van der Waals surface area contributed by atoms with Gasteiger partial charge in [-0.1, -0.05) is 30.7 Å². The first-order chi connectivity index (χ1) is 21.7. The average Bonchev–Trinajstić information content (AvgIpc) is 3.63. The predicted molar refractivity (Wildman–Crippen MR) is 162 cm³/mol. The Bertz CT molecular complexity index is 1720. The molecule has 6 rings (SSSR count). The molecule has 3 unspecified atom stereocenters. The molecule has 3 heterocycles. The second-order valence-electron chi connectivity index (χ2n) is 11.0. The number of nitrogens with zero attached hydrogens (tertiary/aromatic N) is 1. The zero-order valence-electron chi connectivity index (χ0n) is 24.8. The summed E-state index contributed by atoms with van der Waals surface area (Å²) in [4.78, 5) is 45.7. The number of amides is 1. The van der Waals surface area contributed by atoms with Crippen LogP contribution in [0.15, 0.2) is 60.0 Å². The highest BCUT2D eigenvalue weighted by Crippen LogP contribution is 2.56. The van der Waals surface area contributed by atoms with Crippen molar-refractivity contribution in [2.45, 2.75) is 37.7 Å². The van der Waals surface area contributed by atoms with Crippen LogP contribution in [0.25, 0.3) is 0 Å². The van der Waals surface area contributed by atoms with Gasteiger partial charge in [0.15, 0.2) is 28.8 Å². The molecule has 3 aromatic rings. The van der Waals surface area contributed by atoms with E-state index in [2.05, 4.69) is 10.3 Å². The first-order valence-corrected chi connectivity index (χ1v) is 14.8. The zero-order valence-corrected chi connectivity index (χ0v) is 25.6. The lowest BCUT2D eigenvalue weighted by Crippen LogP contribution is -2.53. The van der Waals surface area contributed by atoms with Crippen LogP contribution in [0.3, 0.4) is 0 Å². The van der Waals surface area contributed by atoms with E-state index in [-0.39, 0.29) is 58.9 Å². The molecule has 234 valence electrons. The Labute approximate surface area is 264 Å². The molecular formula is C33H31ClN2O9. The first kappa shape index (κ1) is 30.3. The number of rotatable bonds is 9. The molecule has 0 radical (unpaired) electrons. The average molecular weight is 635 g/mol. The van der Waals surface area contributed by atoms with Crippen LogP contribution >= 0.6 is 11.6 Å². The summed E-state index contributed by atoms with van der Waals surface area (Å²) in [5, 5.41) is 15.0. The van der Waals surface area contributed by atoms with Crippen molar-refractivity contribution in [3.8, 4) is 28.7 Å². The molecule has 3 atom stereocenters. The largest absolute Gasteiger partial charge is 0.507 e. The van der Waals surface area contributed by atoms with Gasteiger partial charge < -0.3 is 34.1 Å². The molecule has 45 heavy (non-hydrogen) atoms. The van der Waals surface area contributed by atoms with Crippen LogP contribution < -0.4 is 29.0 Å². The Hall–Kier alpha value is -4.77. The van der Waals surface area contributed by atoms with Crippen LogP contribution in [-0.4, -0.2) is 60.7 Å². The first-order valence-electron chi connectivity index (χ1n) is 14.4. The number of halogens is 1. The van der Waals surface area contributed by atoms with Crippen molar-refractivity contribution in [1.29, 1.82) is 0 Å². The van der Waals surface area contributed by atoms with E-state index in [0.717, 1.165) is 5.69 Å². The number of benzene rings is 2. The summed E-state index contributed by atoms with van der Waals surface area (Å²) in [5.74, 6) is -2.44. The van der Waals surface area contributed by atoms with E-state index in [1.807, 2.05) is 18.2 Å². The van der Waals surface area contributed by atoms with E-state index >= 15 is 0 Å². The lowest BCUT2D eigenvalue weighted by Gasteiger charge is -2.38. The van der Waals surface area contributed by atoms with Crippen molar-refractivity contribution in [2.24, 2.45) is 5.92 Å². The number of ether oxygens (including phenoxy) is 5. The fraction of sp³-hybridized carbons (Fsp3) is 0.333. The van der Waals surface area contributed by atoms with Gasteiger partial charge in [-0.25, -0.2) is 0 Å². The molecule has 0 saturated carbocycles. The molecule has 2 aliphatic heterocycles. The van der Waals surface area contributed by atoms with E-state index in [0.29, 0.717) is 30.0 Å². The van der Waals surface area contributed by atoms with Gasteiger partial charge in [0.05, 0.1) is 14.2 Å². The number of aliphatic hydroxyl groups excluding tert-OH is 1. The van der Waals surface area contributed by atoms with Gasteiger partial charge in [0, 0.05) is 61.2 Å². The maximum Gasteiger partial charge on any atom is 0.231 e. The van der Waals surface area contributed by atoms with Crippen LogP contribution in [0.5, 0.6) is 28.7 Å². The van der Waals surface area contributed by atoms with E-state index in [1.54, 1.807) is 31.3 Å². The summed E-state index contributed by atoms with van der Waals surface area (Å²) < 4.78 is 28.1. The monoisotopic (exact) mass is 634 g/mol. The summed E-state index contributed by atoms with van der Waals surface area (Å²) in [6.07, 6.45) is 1.83. The second kappa shape index (κ2) is 12.0. The van der Waals surface area contributed by atoms with Gasteiger partial charge in [0.2, 0.25) is 24.1 Å². The Morgan fingerprint density at radius 2 is 1.91 bits per heavy atom. The zero-order chi connectivity index (χ0) is 31.9. The minimum absolute atomic E-state index is 0.0168. The highest BCUT2D eigenvalue weighted by atomic mass is 35.5. The molecule has 0 saturated heterocycles. The maximum absolute atomic E-state index is 14.3. The standard InChI is InChI=1S/C33H31ClN2O9/c1-17-12-21(37)27(31(39)33(17)32(40)28-24(41-2)15-25(42-3)29(34)30(28)45-33)20(18-7-8-22-23(13-18)44-16-43-22)14-26(38)36-11-9-19-6-4-5-10-35-19/h4-8,10,13,15,17,20,39H,9,11-12,14,16H2,1-3H3,(H,36,38). The minimum atomic E-state index is -1.99. The number of allylic oxidation sites excluding steroid dienone is 1. The van der Waals surface area contributed by atoms with Crippen LogP contribution in [-0.2, 0) is 16.0 Å². The van der Waals surface area contributed by atoms with E-state index in [4.69, 9.17) is 35.3 Å². The molecule has 3 aliphatic rings. The van der Waals surface area contributed by atoms with Gasteiger partial charge >= 0.3 is 0 Å². The number of methoxy groups -OCH3 is 2. The minimum Gasteiger partial charge on any atom is -0.507 e. The number of fused-ring (bicyclic) bond motifs is 2. The van der Waals surface area contributed by atoms with Crippen LogP contribution in [0, 0.1) is 5.92 Å². The van der Waals surface area contributed by atoms with Crippen molar-refractivity contribution in [1.82, 2.24) is 10.3 Å². The van der Waals surface area contributed by atoms with E-state index in [9.17, 15) is 19.5 Å². The van der Waals surface area contributed by atoms with Crippen LogP contribution in [0.4, 0.5) is 0 Å². The molecule has 0 bridgehead atoms. The number of hydrogen-bond acceptors (Lipinski definition) is 10. The molecule has 2 N–H and O–H groups in total. The Morgan fingerprint density at radius 3 is 2.64 bits per heavy atom. The van der Waals surface area contributed by atoms with Gasteiger partial charge in [-0.2, -0.15) is 0 Å². The molecule has 12 heteroatoms. The normalized spacial score (nSPS) is 20.6. The third kappa shape index (κ3) is 5.10. The smallest absolute Gasteiger partial charge is 0.231 e. The molecule has 2 aromatic carbocycles. The number of aromatic nitrogens is 1. The summed E-state index contributed by atoms with van der Waals surface area (Å²) in [7, 11) is 2.80. The topological polar surface area (TPSA) is 143 Å². The van der Waals surface area contributed by atoms with Crippen molar-refractivity contribution < 1.29 is 43.2 Å². The van der Waals surface area contributed by atoms with Crippen molar-refractivity contribution >= 4 is 29.1 Å². The SMILES string of the molecule is COc1cc(OC)c2c(c1Cl)OC1(C2=O)C(O)=C(C(CC(=O)NCCc2ccccn2)c2ccc3c(c2)OCO3)C(=O)CC1C. The van der Waals surface area contributed by atoms with Gasteiger partial charge in [0.1, 0.15) is 22.1 Å². The number of aliphatic hydroxyl groups is 1.